The largest absolute Gasteiger partial charge is 0.312 e. The Kier molecular flexibility index (Phi) is 2.36. The van der Waals surface area contributed by atoms with Crippen molar-refractivity contribution in [2.24, 2.45) is 5.41 Å². The number of benzene rings is 1. The van der Waals surface area contributed by atoms with Gasteiger partial charge in [-0.15, -0.1) is 0 Å². The molecule has 0 aromatic heterocycles. The van der Waals surface area contributed by atoms with Crippen LogP contribution in [0.2, 0.25) is 0 Å². The summed E-state index contributed by atoms with van der Waals surface area (Å²) in [6.07, 6.45) is 1.20. The van der Waals surface area contributed by atoms with Gasteiger partial charge in [0.1, 0.15) is 0 Å². The molecule has 0 amide bonds. The Balaban J connectivity index is 2.43. The van der Waals surface area contributed by atoms with Crippen LogP contribution in [0.3, 0.4) is 0 Å². The molecule has 0 saturated heterocycles. The van der Waals surface area contributed by atoms with Gasteiger partial charge in [-0.2, -0.15) is 0 Å². The molecular formula is C13H19N. The van der Waals surface area contributed by atoms with Crippen LogP contribution in [-0.2, 0) is 13.0 Å². The van der Waals surface area contributed by atoms with E-state index in [1.165, 1.54) is 17.5 Å². The van der Waals surface area contributed by atoms with Gasteiger partial charge in [-0.1, -0.05) is 32.0 Å². The zero-order chi connectivity index (χ0) is 10.2. The Labute approximate surface area is 86.5 Å². The maximum absolute atomic E-state index is 3.52. The lowest BCUT2D eigenvalue weighted by Gasteiger charge is -2.23. The molecule has 2 rings (SSSR count). The first-order chi connectivity index (χ1) is 6.58. The maximum atomic E-state index is 3.52. The van der Waals surface area contributed by atoms with Crippen LogP contribution in [-0.4, -0.2) is 6.54 Å². The molecule has 1 aliphatic heterocycles. The third-order valence-corrected chi connectivity index (χ3v) is 3.08. The minimum Gasteiger partial charge on any atom is -0.312 e. The monoisotopic (exact) mass is 189 g/mol. The van der Waals surface area contributed by atoms with E-state index in [9.17, 15) is 0 Å². The van der Waals surface area contributed by atoms with Crippen molar-refractivity contribution in [3.05, 3.63) is 34.9 Å². The van der Waals surface area contributed by atoms with Crippen molar-refractivity contribution >= 4 is 0 Å². The van der Waals surface area contributed by atoms with E-state index in [1.807, 2.05) is 0 Å². The van der Waals surface area contributed by atoms with Gasteiger partial charge in [0.2, 0.25) is 0 Å². The van der Waals surface area contributed by atoms with Crippen molar-refractivity contribution in [3.63, 3.8) is 0 Å². The fraction of sp³-hybridized carbons (Fsp3) is 0.538. The van der Waals surface area contributed by atoms with Gasteiger partial charge in [-0.3, -0.25) is 0 Å². The van der Waals surface area contributed by atoms with Gasteiger partial charge in [0.25, 0.3) is 0 Å². The van der Waals surface area contributed by atoms with Crippen LogP contribution in [0.15, 0.2) is 18.2 Å². The zero-order valence-corrected chi connectivity index (χ0v) is 9.35. The van der Waals surface area contributed by atoms with Crippen molar-refractivity contribution in [2.75, 3.05) is 6.54 Å². The van der Waals surface area contributed by atoms with Crippen molar-refractivity contribution in [1.29, 1.82) is 0 Å². The molecule has 1 heteroatoms. The molecule has 0 aliphatic carbocycles. The van der Waals surface area contributed by atoms with Crippen LogP contribution in [0.25, 0.3) is 0 Å². The van der Waals surface area contributed by atoms with Crippen molar-refractivity contribution in [3.8, 4) is 0 Å². The first kappa shape index (κ1) is 9.72. The Morgan fingerprint density at radius 2 is 2.07 bits per heavy atom. The number of aryl methyl sites for hydroxylation is 1. The van der Waals surface area contributed by atoms with Gasteiger partial charge in [0.05, 0.1) is 0 Å². The summed E-state index contributed by atoms with van der Waals surface area (Å²) in [5, 5.41) is 3.52. The van der Waals surface area contributed by atoms with E-state index in [-0.39, 0.29) is 0 Å². The van der Waals surface area contributed by atoms with E-state index in [4.69, 9.17) is 0 Å². The molecule has 1 nitrogen and oxygen atoms in total. The molecule has 0 atom stereocenters. The van der Waals surface area contributed by atoms with Crippen LogP contribution < -0.4 is 5.32 Å². The highest BCUT2D eigenvalue weighted by atomic mass is 14.9. The summed E-state index contributed by atoms with van der Waals surface area (Å²) in [5.74, 6) is 0. The molecule has 1 heterocycles. The fourth-order valence-electron chi connectivity index (χ4n) is 2.26. The standard InChI is InChI=1S/C13H19N/c1-10-5-4-6-11-8-14-9-13(2,3)7-12(10)11/h4-6,14H,7-9H2,1-3H3. The Bertz CT molecular complexity index is 339. The van der Waals surface area contributed by atoms with Crippen LogP contribution in [0.4, 0.5) is 0 Å². The molecule has 0 fully saturated rings. The molecule has 0 saturated carbocycles. The Morgan fingerprint density at radius 1 is 1.29 bits per heavy atom. The molecule has 1 aliphatic rings. The van der Waals surface area contributed by atoms with Crippen LogP contribution in [0.5, 0.6) is 0 Å². The second-order valence-corrected chi connectivity index (χ2v) is 5.16. The van der Waals surface area contributed by atoms with Crippen molar-refractivity contribution in [1.82, 2.24) is 5.32 Å². The van der Waals surface area contributed by atoms with E-state index < -0.39 is 0 Å². The predicted octanol–water partition coefficient (Wildman–Crippen LogP) is 2.67. The third-order valence-electron chi connectivity index (χ3n) is 3.08. The average molecular weight is 189 g/mol. The molecule has 0 radical (unpaired) electrons. The highest BCUT2D eigenvalue weighted by Crippen LogP contribution is 2.28. The molecule has 1 aromatic rings. The number of hydrogen-bond acceptors (Lipinski definition) is 1. The molecule has 0 spiro atoms. The molecule has 0 bridgehead atoms. The lowest BCUT2D eigenvalue weighted by atomic mass is 9.84. The summed E-state index contributed by atoms with van der Waals surface area (Å²) in [5.41, 5.74) is 4.87. The average Bonchev–Trinajstić information content (AvgIpc) is 2.24. The van der Waals surface area contributed by atoms with Gasteiger partial charge in [0, 0.05) is 13.1 Å². The maximum Gasteiger partial charge on any atom is 0.0208 e. The Morgan fingerprint density at radius 3 is 2.86 bits per heavy atom. The lowest BCUT2D eigenvalue weighted by Crippen LogP contribution is -2.27. The first-order valence-corrected chi connectivity index (χ1v) is 5.37. The number of nitrogens with one attached hydrogen (secondary N) is 1. The van der Waals surface area contributed by atoms with Gasteiger partial charge in [0.15, 0.2) is 0 Å². The van der Waals surface area contributed by atoms with Gasteiger partial charge in [-0.25, -0.2) is 0 Å². The molecule has 76 valence electrons. The SMILES string of the molecule is Cc1cccc2c1CC(C)(C)CNC2. The van der Waals surface area contributed by atoms with E-state index in [0.717, 1.165) is 13.1 Å². The summed E-state index contributed by atoms with van der Waals surface area (Å²) < 4.78 is 0. The predicted molar refractivity (Wildman–Crippen MR) is 60.4 cm³/mol. The minimum atomic E-state index is 0.386. The smallest absolute Gasteiger partial charge is 0.0208 e. The number of hydrogen-bond donors (Lipinski definition) is 1. The molecule has 0 unspecified atom stereocenters. The van der Waals surface area contributed by atoms with Gasteiger partial charge >= 0.3 is 0 Å². The second-order valence-electron chi connectivity index (χ2n) is 5.16. The van der Waals surface area contributed by atoms with Gasteiger partial charge < -0.3 is 5.32 Å². The summed E-state index contributed by atoms with van der Waals surface area (Å²) in [4.78, 5) is 0. The van der Waals surface area contributed by atoms with E-state index >= 15 is 0 Å². The highest BCUT2D eigenvalue weighted by molar-refractivity contribution is 5.36. The van der Waals surface area contributed by atoms with Crippen LogP contribution >= 0.6 is 0 Å². The van der Waals surface area contributed by atoms with Crippen molar-refractivity contribution < 1.29 is 0 Å². The van der Waals surface area contributed by atoms with Crippen LogP contribution in [0, 0.1) is 12.3 Å². The quantitative estimate of drug-likeness (QED) is 0.661. The third kappa shape index (κ3) is 1.83. The lowest BCUT2D eigenvalue weighted by molar-refractivity contribution is 0.349. The number of rotatable bonds is 0. The second kappa shape index (κ2) is 3.39. The molecule has 1 aromatic carbocycles. The Hall–Kier alpha value is -0.820. The molecular weight excluding hydrogens is 170 g/mol. The summed E-state index contributed by atoms with van der Waals surface area (Å²) in [6, 6.07) is 6.63. The van der Waals surface area contributed by atoms with Gasteiger partial charge in [-0.05, 0) is 35.4 Å². The van der Waals surface area contributed by atoms with E-state index in [2.05, 4.69) is 44.3 Å². The summed E-state index contributed by atoms with van der Waals surface area (Å²) >= 11 is 0. The molecule has 1 N–H and O–H groups in total. The molecule has 14 heavy (non-hydrogen) atoms. The minimum absolute atomic E-state index is 0.386. The zero-order valence-electron chi connectivity index (χ0n) is 9.35. The summed E-state index contributed by atoms with van der Waals surface area (Å²) in [6.45, 7) is 9.03. The highest BCUT2D eigenvalue weighted by Gasteiger charge is 2.23. The summed E-state index contributed by atoms with van der Waals surface area (Å²) in [7, 11) is 0. The first-order valence-electron chi connectivity index (χ1n) is 5.37. The van der Waals surface area contributed by atoms with Crippen molar-refractivity contribution in [2.45, 2.75) is 33.7 Å². The fourth-order valence-corrected chi connectivity index (χ4v) is 2.26. The topological polar surface area (TPSA) is 12.0 Å². The normalized spacial score (nSPS) is 19.9. The number of fused-ring (bicyclic) bond motifs is 1. The van der Waals surface area contributed by atoms with E-state index in [0.29, 0.717) is 5.41 Å². The van der Waals surface area contributed by atoms with E-state index in [1.54, 1.807) is 5.56 Å². The van der Waals surface area contributed by atoms with Crippen LogP contribution in [0.1, 0.15) is 30.5 Å².